The number of nitrogens with one attached hydrogen (secondary N) is 1. The van der Waals surface area contributed by atoms with Crippen molar-refractivity contribution in [3.63, 3.8) is 0 Å². The molecule has 0 radical (unpaired) electrons. The van der Waals surface area contributed by atoms with E-state index < -0.39 is 0 Å². The van der Waals surface area contributed by atoms with E-state index in [-0.39, 0.29) is 11.9 Å². The van der Waals surface area contributed by atoms with Crippen LogP contribution >= 0.6 is 15.9 Å². The van der Waals surface area contributed by atoms with Gasteiger partial charge in [-0.05, 0) is 41.5 Å². The second kappa shape index (κ2) is 5.86. The second-order valence-electron chi connectivity index (χ2n) is 5.06. The molecule has 0 saturated heterocycles. The van der Waals surface area contributed by atoms with Crippen LogP contribution in [0.5, 0.6) is 0 Å². The predicted octanol–water partition coefficient (Wildman–Crippen LogP) is 5.91. The van der Waals surface area contributed by atoms with Crippen molar-refractivity contribution in [1.29, 1.82) is 0 Å². The number of halogens is 2. The zero-order valence-electron chi connectivity index (χ0n) is 11.6. The van der Waals surface area contributed by atoms with E-state index in [1.165, 1.54) is 16.8 Å². The zero-order valence-corrected chi connectivity index (χ0v) is 13.2. The summed E-state index contributed by atoms with van der Waals surface area (Å²) >= 11 is 3.38. The summed E-state index contributed by atoms with van der Waals surface area (Å²) in [5.74, 6) is -0.245. The molecule has 0 aliphatic carbocycles. The van der Waals surface area contributed by atoms with Gasteiger partial charge in [-0.2, -0.15) is 0 Å². The van der Waals surface area contributed by atoms with Gasteiger partial charge in [0.1, 0.15) is 5.82 Å². The van der Waals surface area contributed by atoms with Crippen molar-refractivity contribution in [2.45, 2.75) is 13.0 Å². The molecule has 21 heavy (non-hydrogen) atoms. The van der Waals surface area contributed by atoms with Gasteiger partial charge in [-0.1, -0.05) is 58.4 Å². The second-order valence-corrected chi connectivity index (χ2v) is 5.97. The maximum absolute atomic E-state index is 13.9. The first-order valence-corrected chi connectivity index (χ1v) is 7.64. The van der Waals surface area contributed by atoms with Crippen molar-refractivity contribution < 1.29 is 4.39 Å². The molecule has 0 aromatic heterocycles. The number of hydrogen-bond acceptors (Lipinski definition) is 1. The summed E-state index contributed by atoms with van der Waals surface area (Å²) in [5, 5.41) is 5.64. The van der Waals surface area contributed by atoms with Crippen molar-refractivity contribution in [3.8, 4) is 0 Å². The van der Waals surface area contributed by atoms with Crippen LogP contribution in [0.1, 0.15) is 18.5 Å². The van der Waals surface area contributed by atoms with Crippen molar-refractivity contribution >= 4 is 32.4 Å². The van der Waals surface area contributed by atoms with Gasteiger partial charge in [-0.15, -0.1) is 0 Å². The highest BCUT2D eigenvalue weighted by molar-refractivity contribution is 9.10. The van der Waals surface area contributed by atoms with Gasteiger partial charge in [0.2, 0.25) is 0 Å². The van der Waals surface area contributed by atoms with E-state index in [1.54, 1.807) is 12.1 Å². The molecule has 0 amide bonds. The molecule has 0 aliphatic heterocycles. The van der Waals surface area contributed by atoms with Crippen molar-refractivity contribution in [2.75, 3.05) is 5.32 Å². The molecule has 3 heteroatoms. The van der Waals surface area contributed by atoms with E-state index >= 15 is 0 Å². The van der Waals surface area contributed by atoms with Gasteiger partial charge in [0.25, 0.3) is 0 Å². The SMILES string of the molecule is CC(Nc1cc(Br)ccc1F)c1cccc2ccccc12. The minimum Gasteiger partial charge on any atom is -0.376 e. The van der Waals surface area contributed by atoms with Crippen LogP contribution in [-0.4, -0.2) is 0 Å². The normalized spacial score (nSPS) is 12.3. The molecule has 0 heterocycles. The van der Waals surface area contributed by atoms with E-state index in [9.17, 15) is 4.39 Å². The van der Waals surface area contributed by atoms with Crippen molar-refractivity contribution in [2.24, 2.45) is 0 Å². The average Bonchev–Trinajstić information content (AvgIpc) is 2.50. The van der Waals surface area contributed by atoms with Gasteiger partial charge in [-0.25, -0.2) is 4.39 Å². The van der Waals surface area contributed by atoms with Crippen LogP contribution in [0.3, 0.4) is 0 Å². The lowest BCUT2D eigenvalue weighted by Gasteiger charge is -2.18. The highest BCUT2D eigenvalue weighted by Crippen LogP contribution is 2.28. The molecule has 0 aliphatic rings. The monoisotopic (exact) mass is 343 g/mol. The molecule has 1 N–H and O–H groups in total. The standard InChI is InChI=1S/C18H15BrFN/c1-12(21-18-11-14(19)9-10-17(18)20)15-8-4-6-13-5-2-3-7-16(13)15/h2-12,21H,1H3. The lowest BCUT2D eigenvalue weighted by Crippen LogP contribution is -2.08. The molecule has 3 aromatic carbocycles. The van der Waals surface area contributed by atoms with Gasteiger partial charge < -0.3 is 5.32 Å². The first-order valence-electron chi connectivity index (χ1n) is 6.84. The lowest BCUT2D eigenvalue weighted by atomic mass is 9.99. The smallest absolute Gasteiger partial charge is 0.146 e. The summed E-state index contributed by atoms with van der Waals surface area (Å²) < 4.78 is 14.7. The summed E-state index contributed by atoms with van der Waals surface area (Å²) in [5.41, 5.74) is 1.66. The molecule has 1 atom stereocenters. The van der Waals surface area contributed by atoms with Crippen molar-refractivity contribution in [3.05, 3.63) is 76.5 Å². The van der Waals surface area contributed by atoms with E-state index in [2.05, 4.69) is 45.5 Å². The van der Waals surface area contributed by atoms with Crippen LogP contribution in [0.15, 0.2) is 65.1 Å². The third-order valence-electron chi connectivity index (χ3n) is 3.59. The summed E-state index contributed by atoms with van der Waals surface area (Å²) in [6, 6.07) is 19.4. The van der Waals surface area contributed by atoms with Crippen LogP contribution < -0.4 is 5.32 Å². The number of rotatable bonds is 3. The molecule has 3 aromatic rings. The fraction of sp³-hybridized carbons (Fsp3) is 0.111. The van der Waals surface area contributed by atoms with E-state index in [0.717, 1.165) is 10.0 Å². The van der Waals surface area contributed by atoms with Crippen LogP contribution in [0.25, 0.3) is 10.8 Å². The van der Waals surface area contributed by atoms with Crippen LogP contribution in [-0.2, 0) is 0 Å². The molecule has 106 valence electrons. The van der Waals surface area contributed by atoms with Crippen LogP contribution in [0.4, 0.5) is 10.1 Å². The van der Waals surface area contributed by atoms with Gasteiger partial charge in [0.05, 0.1) is 5.69 Å². The first-order chi connectivity index (χ1) is 10.1. The third kappa shape index (κ3) is 2.93. The third-order valence-corrected chi connectivity index (χ3v) is 4.08. The Morgan fingerprint density at radius 2 is 1.76 bits per heavy atom. The molecule has 0 fully saturated rings. The molecule has 1 unspecified atom stereocenters. The van der Waals surface area contributed by atoms with E-state index in [0.29, 0.717) is 5.69 Å². The maximum Gasteiger partial charge on any atom is 0.146 e. The highest BCUT2D eigenvalue weighted by Gasteiger charge is 2.11. The average molecular weight is 344 g/mol. The quantitative estimate of drug-likeness (QED) is 0.622. The zero-order chi connectivity index (χ0) is 14.8. The Hall–Kier alpha value is -1.87. The van der Waals surface area contributed by atoms with Gasteiger partial charge in [0, 0.05) is 10.5 Å². The highest BCUT2D eigenvalue weighted by atomic mass is 79.9. The number of anilines is 1. The Morgan fingerprint density at radius 3 is 2.62 bits per heavy atom. The summed E-state index contributed by atoms with van der Waals surface area (Å²) in [7, 11) is 0. The lowest BCUT2D eigenvalue weighted by molar-refractivity contribution is 0.627. The Bertz CT molecular complexity index is 780. The molecular weight excluding hydrogens is 329 g/mol. The molecule has 3 rings (SSSR count). The Kier molecular flexibility index (Phi) is 3.93. The minimum absolute atomic E-state index is 0.0138. The molecule has 0 spiro atoms. The number of benzene rings is 3. The Morgan fingerprint density at radius 1 is 1.00 bits per heavy atom. The summed E-state index contributed by atoms with van der Waals surface area (Å²) in [4.78, 5) is 0. The van der Waals surface area contributed by atoms with Crippen molar-refractivity contribution in [1.82, 2.24) is 0 Å². The minimum atomic E-state index is -0.245. The topological polar surface area (TPSA) is 12.0 Å². The van der Waals surface area contributed by atoms with E-state index in [4.69, 9.17) is 0 Å². The van der Waals surface area contributed by atoms with Gasteiger partial charge in [-0.3, -0.25) is 0 Å². The largest absolute Gasteiger partial charge is 0.376 e. The summed E-state index contributed by atoms with van der Waals surface area (Å²) in [6.07, 6.45) is 0. The number of hydrogen-bond donors (Lipinski definition) is 1. The molecule has 1 nitrogen and oxygen atoms in total. The fourth-order valence-electron chi connectivity index (χ4n) is 2.55. The number of fused-ring (bicyclic) bond motifs is 1. The van der Waals surface area contributed by atoms with Gasteiger partial charge in [0.15, 0.2) is 0 Å². The summed E-state index contributed by atoms with van der Waals surface area (Å²) in [6.45, 7) is 2.04. The fourth-order valence-corrected chi connectivity index (χ4v) is 2.91. The Labute approximate surface area is 131 Å². The van der Waals surface area contributed by atoms with Crippen LogP contribution in [0.2, 0.25) is 0 Å². The van der Waals surface area contributed by atoms with Crippen LogP contribution in [0, 0.1) is 5.82 Å². The Balaban J connectivity index is 1.97. The maximum atomic E-state index is 13.9. The molecular formula is C18H15BrFN. The molecule has 0 saturated carbocycles. The predicted molar refractivity (Wildman–Crippen MR) is 90.1 cm³/mol. The molecule has 0 bridgehead atoms. The first kappa shape index (κ1) is 14.1. The van der Waals surface area contributed by atoms with E-state index in [1.807, 2.05) is 25.1 Å². The van der Waals surface area contributed by atoms with Gasteiger partial charge >= 0.3 is 0 Å².